The van der Waals surface area contributed by atoms with Gasteiger partial charge in [0.25, 0.3) is 0 Å². The summed E-state index contributed by atoms with van der Waals surface area (Å²) < 4.78 is 0. The molecular formula is C7H11BrO4. The van der Waals surface area contributed by atoms with Crippen LogP contribution in [0.5, 0.6) is 0 Å². The minimum Gasteiger partial charge on any atom is -0.248 e. The van der Waals surface area contributed by atoms with Crippen molar-refractivity contribution < 1.29 is 19.4 Å². The lowest BCUT2D eigenvalue weighted by atomic mass is 10.1. The highest BCUT2D eigenvalue weighted by Crippen LogP contribution is 2.13. The molecule has 0 aliphatic rings. The van der Waals surface area contributed by atoms with E-state index in [1.54, 1.807) is 0 Å². The fraction of sp³-hybridized carbons (Fsp3) is 0.714. The molecule has 0 aromatic rings. The molecule has 0 fully saturated rings. The molecule has 5 heteroatoms. The summed E-state index contributed by atoms with van der Waals surface area (Å²) in [6.07, 6.45) is 0. The van der Waals surface area contributed by atoms with Crippen molar-refractivity contribution in [2.24, 2.45) is 5.92 Å². The molecule has 0 spiro atoms. The van der Waals surface area contributed by atoms with Gasteiger partial charge in [-0.1, -0.05) is 29.8 Å². The molecule has 0 bridgehead atoms. The Hall–Kier alpha value is -0.580. The third-order valence-electron chi connectivity index (χ3n) is 1.05. The first-order chi connectivity index (χ1) is 5.45. The molecule has 0 aromatic heterocycles. The number of carbonyl (C=O) groups excluding carboxylic acids is 2. The van der Waals surface area contributed by atoms with Crippen LogP contribution in [0.25, 0.3) is 0 Å². The zero-order valence-corrected chi connectivity index (χ0v) is 8.75. The van der Waals surface area contributed by atoms with E-state index in [1.807, 2.05) is 13.8 Å². The summed E-state index contributed by atoms with van der Waals surface area (Å²) in [4.78, 5) is 29.0. The molecule has 0 aliphatic heterocycles. The molecular weight excluding hydrogens is 228 g/mol. The number of alkyl halides is 1. The van der Waals surface area contributed by atoms with Crippen LogP contribution in [-0.2, 0) is 19.4 Å². The number of rotatable bonds is 2. The van der Waals surface area contributed by atoms with Crippen LogP contribution >= 0.6 is 15.9 Å². The Balaban J connectivity index is 3.80. The molecule has 1 unspecified atom stereocenters. The van der Waals surface area contributed by atoms with Gasteiger partial charge in [0.15, 0.2) is 0 Å². The molecule has 0 N–H and O–H groups in total. The lowest BCUT2D eigenvalue weighted by Gasteiger charge is -2.09. The van der Waals surface area contributed by atoms with Gasteiger partial charge in [0.2, 0.25) is 0 Å². The van der Waals surface area contributed by atoms with E-state index in [4.69, 9.17) is 0 Å². The topological polar surface area (TPSA) is 52.6 Å². The van der Waals surface area contributed by atoms with E-state index >= 15 is 0 Å². The average molecular weight is 239 g/mol. The molecule has 0 aliphatic carbocycles. The van der Waals surface area contributed by atoms with Gasteiger partial charge < -0.3 is 0 Å². The third kappa shape index (κ3) is 4.33. The number of hydrogen-bond acceptors (Lipinski definition) is 4. The second-order valence-electron chi connectivity index (χ2n) is 2.62. The summed E-state index contributed by atoms with van der Waals surface area (Å²) in [5.74, 6) is -1.15. The summed E-state index contributed by atoms with van der Waals surface area (Å²) in [6.45, 7) is 4.84. The van der Waals surface area contributed by atoms with E-state index in [9.17, 15) is 9.59 Å². The van der Waals surface area contributed by atoms with Crippen LogP contribution in [0.1, 0.15) is 20.8 Å². The quantitative estimate of drug-likeness (QED) is 0.415. The monoisotopic (exact) mass is 238 g/mol. The molecule has 1 atom stereocenters. The van der Waals surface area contributed by atoms with Gasteiger partial charge in [-0.05, 0) is 5.92 Å². The molecule has 0 rings (SSSR count). The van der Waals surface area contributed by atoms with Crippen molar-refractivity contribution in [3.63, 3.8) is 0 Å². The van der Waals surface area contributed by atoms with Crippen molar-refractivity contribution >= 4 is 27.9 Å². The smallest absolute Gasteiger partial charge is 0.248 e. The van der Waals surface area contributed by atoms with Crippen LogP contribution in [0.15, 0.2) is 0 Å². The minimum atomic E-state index is -0.646. The van der Waals surface area contributed by atoms with Gasteiger partial charge in [-0.2, -0.15) is 0 Å². The standard InChI is InChI=1S/C7H11BrO4/c1-4(2)6(8)7(10)12-11-5(3)9/h4,6H,1-3H3. The van der Waals surface area contributed by atoms with E-state index < -0.39 is 16.8 Å². The molecule has 0 aromatic carbocycles. The maximum absolute atomic E-state index is 10.9. The molecule has 4 nitrogen and oxygen atoms in total. The Morgan fingerprint density at radius 2 is 1.75 bits per heavy atom. The zero-order chi connectivity index (χ0) is 9.72. The van der Waals surface area contributed by atoms with Crippen molar-refractivity contribution in [1.82, 2.24) is 0 Å². The first kappa shape index (κ1) is 11.4. The largest absolute Gasteiger partial charge is 0.369 e. The molecule has 0 amide bonds. The van der Waals surface area contributed by atoms with Crippen LogP contribution in [0.2, 0.25) is 0 Å². The van der Waals surface area contributed by atoms with E-state index in [1.165, 1.54) is 0 Å². The Morgan fingerprint density at radius 3 is 2.08 bits per heavy atom. The highest BCUT2D eigenvalue weighted by Gasteiger charge is 2.22. The summed E-state index contributed by atoms with van der Waals surface area (Å²) in [5, 5.41) is 0. The molecule has 12 heavy (non-hydrogen) atoms. The van der Waals surface area contributed by atoms with Crippen LogP contribution in [0, 0.1) is 5.92 Å². The second-order valence-corrected chi connectivity index (χ2v) is 3.61. The van der Waals surface area contributed by atoms with E-state index in [0.717, 1.165) is 6.92 Å². The van der Waals surface area contributed by atoms with Gasteiger partial charge >= 0.3 is 11.9 Å². The van der Waals surface area contributed by atoms with Gasteiger partial charge in [0.05, 0.1) is 0 Å². The Kier molecular flexibility index (Phi) is 4.89. The lowest BCUT2D eigenvalue weighted by Crippen LogP contribution is -2.23. The van der Waals surface area contributed by atoms with Crippen LogP contribution < -0.4 is 0 Å². The van der Waals surface area contributed by atoms with Crippen LogP contribution in [-0.4, -0.2) is 16.8 Å². The molecule has 0 heterocycles. The molecule has 0 radical (unpaired) electrons. The van der Waals surface area contributed by atoms with Gasteiger partial charge in [-0.15, -0.1) is 0 Å². The third-order valence-corrected chi connectivity index (χ3v) is 2.48. The maximum Gasteiger partial charge on any atom is 0.369 e. The number of carbonyl (C=O) groups is 2. The first-order valence-corrected chi connectivity index (χ1v) is 4.39. The SMILES string of the molecule is CC(=O)OOC(=O)C(Br)C(C)C. The van der Waals surface area contributed by atoms with Crippen LogP contribution in [0.3, 0.4) is 0 Å². The van der Waals surface area contributed by atoms with Crippen molar-refractivity contribution in [3.8, 4) is 0 Å². The predicted molar refractivity (Wildman–Crippen MR) is 45.4 cm³/mol. The van der Waals surface area contributed by atoms with Crippen molar-refractivity contribution in [1.29, 1.82) is 0 Å². The number of halogens is 1. The average Bonchev–Trinajstić information content (AvgIpc) is 1.98. The lowest BCUT2D eigenvalue weighted by molar-refractivity contribution is -0.257. The molecule has 70 valence electrons. The summed E-state index contributed by atoms with van der Waals surface area (Å²) in [6, 6.07) is 0. The summed E-state index contributed by atoms with van der Waals surface area (Å²) in [7, 11) is 0. The van der Waals surface area contributed by atoms with Crippen molar-refractivity contribution in [2.45, 2.75) is 25.6 Å². The molecule has 0 saturated heterocycles. The van der Waals surface area contributed by atoms with E-state index in [0.29, 0.717) is 0 Å². The van der Waals surface area contributed by atoms with Crippen molar-refractivity contribution in [3.05, 3.63) is 0 Å². The Bertz CT molecular complexity index is 178. The van der Waals surface area contributed by atoms with Crippen molar-refractivity contribution in [2.75, 3.05) is 0 Å². The Morgan fingerprint density at radius 1 is 1.25 bits per heavy atom. The summed E-state index contributed by atoms with van der Waals surface area (Å²) in [5.41, 5.74) is 0. The van der Waals surface area contributed by atoms with Gasteiger partial charge in [-0.3, -0.25) is 0 Å². The highest BCUT2D eigenvalue weighted by atomic mass is 79.9. The zero-order valence-electron chi connectivity index (χ0n) is 7.17. The maximum atomic E-state index is 10.9. The second kappa shape index (κ2) is 5.13. The van der Waals surface area contributed by atoms with Gasteiger partial charge in [0, 0.05) is 6.92 Å². The number of hydrogen-bond donors (Lipinski definition) is 0. The molecule has 0 saturated carbocycles. The fourth-order valence-electron chi connectivity index (χ4n) is 0.418. The highest BCUT2D eigenvalue weighted by molar-refractivity contribution is 9.10. The van der Waals surface area contributed by atoms with Crippen LogP contribution in [0.4, 0.5) is 0 Å². The van der Waals surface area contributed by atoms with Gasteiger partial charge in [-0.25, -0.2) is 19.4 Å². The van der Waals surface area contributed by atoms with E-state index in [2.05, 4.69) is 25.7 Å². The fourth-order valence-corrected chi connectivity index (χ4v) is 0.494. The minimum absolute atomic E-state index is 0.0908. The first-order valence-electron chi connectivity index (χ1n) is 3.48. The predicted octanol–water partition coefficient (Wildman–Crippen LogP) is 1.43. The normalized spacial score (nSPS) is 12.4. The summed E-state index contributed by atoms with van der Waals surface area (Å²) >= 11 is 3.09. The van der Waals surface area contributed by atoms with Gasteiger partial charge in [0.1, 0.15) is 4.83 Å². The van der Waals surface area contributed by atoms with E-state index in [-0.39, 0.29) is 5.92 Å². The Labute approximate surface area is 79.3 Å².